The van der Waals surface area contributed by atoms with Crippen molar-refractivity contribution in [3.8, 4) is 0 Å². The number of rotatable bonds is 2. The number of hydrogen-bond acceptors (Lipinski definition) is 4. The average molecular weight is 188 g/mol. The topological polar surface area (TPSA) is 44.8 Å². The second kappa shape index (κ2) is 4.17. The van der Waals surface area contributed by atoms with Gasteiger partial charge >= 0.3 is 0 Å². The van der Waals surface area contributed by atoms with Gasteiger partial charge in [0.25, 0.3) is 0 Å². The Balaban J connectivity index is 2.77. The third-order valence-electron chi connectivity index (χ3n) is 2.39. The quantitative estimate of drug-likeness (QED) is 0.629. The summed E-state index contributed by atoms with van der Waals surface area (Å²) in [5, 5.41) is 0. The molecule has 4 atom stereocenters. The van der Waals surface area contributed by atoms with Gasteiger partial charge in [-0.1, -0.05) is 0 Å². The molecule has 76 valence electrons. The van der Waals surface area contributed by atoms with Gasteiger partial charge in [0, 0.05) is 14.2 Å². The molecule has 0 aromatic rings. The van der Waals surface area contributed by atoms with Gasteiger partial charge in [-0.3, -0.25) is 4.79 Å². The predicted molar refractivity (Wildman–Crippen MR) is 46.6 cm³/mol. The SMILES string of the molecule is CO[C@H]1[C@H](C)O[C@@H](C)C(=O)[C@H]1OC. The molecule has 13 heavy (non-hydrogen) atoms. The van der Waals surface area contributed by atoms with E-state index in [0.29, 0.717) is 0 Å². The Bertz CT molecular complexity index is 192. The molecule has 0 bridgehead atoms. The van der Waals surface area contributed by atoms with E-state index in [2.05, 4.69) is 0 Å². The molecule has 0 amide bonds. The van der Waals surface area contributed by atoms with E-state index in [9.17, 15) is 4.79 Å². The van der Waals surface area contributed by atoms with Crippen LogP contribution in [-0.4, -0.2) is 44.4 Å². The van der Waals surface area contributed by atoms with Gasteiger partial charge < -0.3 is 14.2 Å². The number of methoxy groups -OCH3 is 2. The van der Waals surface area contributed by atoms with Gasteiger partial charge in [0.2, 0.25) is 0 Å². The smallest absolute Gasteiger partial charge is 0.192 e. The molecule has 0 saturated carbocycles. The first-order valence-corrected chi connectivity index (χ1v) is 4.36. The summed E-state index contributed by atoms with van der Waals surface area (Å²) in [5.74, 6) is -0.0487. The molecule has 4 nitrogen and oxygen atoms in total. The number of carbonyl (C=O) groups is 1. The van der Waals surface area contributed by atoms with Gasteiger partial charge in [-0.2, -0.15) is 0 Å². The third-order valence-corrected chi connectivity index (χ3v) is 2.39. The molecule has 1 aliphatic rings. The second-order valence-corrected chi connectivity index (χ2v) is 3.24. The number of ketones is 1. The molecule has 0 aromatic carbocycles. The number of hydrogen-bond donors (Lipinski definition) is 0. The van der Waals surface area contributed by atoms with Crippen molar-refractivity contribution in [3.63, 3.8) is 0 Å². The van der Waals surface area contributed by atoms with Crippen LogP contribution in [0.15, 0.2) is 0 Å². The van der Waals surface area contributed by atoms with E-state index in [1.807, 2.05) is 6.92 Å². The molecule has 0 aliphatic carbocycles. The molecule has 0 aromatic heterocycles. The number of ether oxygens (including phenoxy) is 3. The minimum atomic E-state index is -0.497. The molecule has 0 unspecified atom stereocenters. The summed E-state index contributed by atoms with van der Waals surface area (Å²) in [7, 11) is 3.07. The second-order valence-electron chi connectivity index (χ2n) is 3.24. The molecular formula is C9H16O4. The third kappa shape index (κ3) is 1.90. The largest absolute Gasteiger partial charge is 0.376 e. The van der Waals surface area contributed by atoms with Gasteiger partial charge in [0.1, 0.15) is 18.3 Å². The van der Waals surface area contributed by atoms with E-state index < -0.39 is 12.2 Å². The van der Waals surface area contributed by atoms with Crippen LogP contribution in [0.3, 0.4) is 0 Å². The monoisotopic (exact) mass is 188 g/mol. The van der Waals surface area contributed by atoms with Crippen molar-refractivity contribution in [3.05, 3.63) is 0 Å². The molecule has 0 spiro atoms. The van der Waals surface area contributed by atoms with Crippen LogP contribution in [0.2, 0.25) is 0 Å². The molecule has 0 N–H and O–H groups in total. The van der Waals surface area contributed by atoms with E-state index in [1.54, 1.807) is 14.0 Å². The molecule has 1 fully saturated rings. The summed E-state index contributed by atoms with van der Waals surface area (Å²) < 4.78 is 15.6. The van der Waals surface area contributed by atoms with Crippen molar-refractivity contribution in [2.24, 2.45) is 0 Å². The van der Waals surface area contributed by atoms with Crippen LogP contribution in [0.4, 0.5) is 0 Å². The van der Waals surface area contributed by atoms with Crippen LogP contribution < -0.4 is 0 Å². The van der Waals surface area contributed by atoms with E-state index in [1.165, 1.54) is 7.11 Å². The zero-order chi connectivity index (χ0) is 10.0. The highest BCUT2D eigenvalue weighted by molar-refractivity contribution is 5.88. The van der Waals surface area contributed by atoms with Gasteiger partial charge in [-0.15, -0.1) is 0 Å². The maximum Gasteiger partial charge on any atom is 0.192 e. The highest BCUT2D eigenvalue weighted by Gasteiger charge is 2.41. The van der Waals surface area contributed by atoms with Gasteiger partial charge in [-0.05, 0) is 13.8 Å². The Morgan fingerprint density at radius 1 is 1.23 bits per heavy atom. The van der Waals surface area contributed by atoms with E-state index in [0.717, 1.165) is 0 Å². The Kier molecular flexibility index (Phi) is 3.41. The van der Waals surface area contributed by atoms with E-state index in [-0.39, 0.29) is 18.0 Å². The zero-order valence-electron chi connectivity index (χ0n) is 8.44. The molecule has 1 heterocycles. The lowest BCUT2D eigenvalue weighted by molar-refractivity contribution is -0.186. The molecule has 1 aliphatic heterocycles. The van der Waals surface area contributed by atoms with Crippen molar-refractivity contribution < 1.29 is 19.0 Å². The first-order chi connectivity index (χ1) is 6.11. The lowest BCUT2D eigenvalue weighted by Gasteiger charge is -2.36. The summed E-state index contributed by atoms with van der Waals surface area (Å²) >= 11 is 0. The van der Waals surface area contributed by atoms with Crippen LogP contribution in [0.1, 0.15) is 13.8 Å². The lowest BCUT2D eigenvalue weighted by atomic mass is 9.98. The predicted octanol–water partition coefficient (Wildman–Crippen LogP) is 0.393. The standard InChI is InChI=1S/C9H16O4/c1-5-7(10)9(12-4)8(11-3)6(2)13-5/h5-6,8-9H,1-4H3/t5-,6-,8-,9+/m0/s1. The lowest BCUT2D eigenvalue weighted by Crippen LogP contribution is -2.54. The molecular weight excluding hydrogens is 172 g/mol. The Morgan fingerprint density at radius 3 is 2.31 bits per heavy atom. The average Bonchev–Trinajstić information content (AvgIpc) is 2.10. The zero-order valence-corrected chi connectivity index (χ0v) is 8.44. The fraction of sp³-hybridized carbons (Fsp3) is 0.889. The minimum Gasteiger partial charge on any atom is -0.376 e. The van der Waals surface area contributed by atoms with Crippen molar-refractivity contribution in [2.75, 3.05) is 14.2 Å². The highest BCUT2D eigenvalue weighted by Crippen LogP contribution is 2.21. The summed E-state index contributed by atoms with van der Waals surface area (Å²) in [5.41, 5.74) is 0. The minimum absolute atomic E-state index is 0.0487. The maximum absolute atomic E-state index is 11.5. The van der Waals surface area contributed by atoms with Crippen LogP contribution in [0.25, 0.3) is 0 Å². The summed E-state index contributed by atoms with van der Waals surface area (Å²) in [6, 6.07) is 0. The van der Waals surface area contributed by atoms with Crippen molar-refractivity contribution in [1.82, 2.24) is 0 Å². The van der Waals surface area contributed by atoms with Crippen LogP contribution in [0, 0.1) is 0 Å². The molecule has 1 saturated heterocycles. The Labute approximate surface area is 78.2 Å². The number of Topliss-reactive ketones (excluding diaryl/α,β-unsaturated/α-hetero) is 1. The molecule has 4 heteroatoms. The Hall–Kier alpha value is -0.450. The van der Waals surface area contributed by atoms with Crippen molar-refractivity contribution in [2.45, 2.75) is 38.3 Å². The first-order valence-electron chi connectivity index (χ1n) is 4.36. The summed E-state index contributed by atoms with van der Waals surface area (Å²) in [6.45, 7) is 3.61. The molecule has 0 radical (unpaired) electrons. The van der Waals surface area contributed by atoms with Gasteiger partial charge in [-0.25, -0.2) is 0 Å². The fourth-order valence-corrected chi connectivity index (χ4v) is 1.67. The Morgan fingerprint density at radius 2 is 1.85 bits per heavy atom. The van der Waals surface area contributed by atoms with Gasteiger partial charge in [0.05, 0.1) is 6.10 Å². The number of carbonyl (C=O) groups excluding carboxylic acids is 1. The van der Waals surface area contributed by atoms with Crippen LogP contribution in [-0.2, 0) is 19.0 Å². The first kappa shape index (κ1) is 10.6. The highest BCUT2D eigenvalue weighted by atomic mass is 16.6. The van der Waals surface area contributed by atoms with E-state index in [4.69, 9.17) is 14.2 Å². The van der Waals surface area contributed by atoms with Crippen molar-refractivity contribution in [1.29, 1.82) is 0 Å². The van der Waals surface area contributed by atoms with Crippen LogP contribution >= 0.6 is 0 Å². The summed E-state index contributed by atoms with van der Waals surface area (Å²) in [4.78, 5) is 11.5. The summed E-state index contributed by atoms with van der Waals surface area (Å²) in [6.07, 6.45) is -1.30. The van der Waals surface area contributed by atoms with Crippen molar-refractivity contribution >= 4 is 5.78 Å². The fourth-order valence-electron chi connectivity index (χ4n) is 1.67. The van der Waals surface area contributed by atoms with Gasteiger partial charge in [0.15, 0.2) is 5.78 Å². The maximum atomic E-state index is 11.5. The molecule has 1 rings (SSSR count). The van der Waals surface area contributed by atoms with E-state index >= 15 is 0 Å². The van der Waals surface area contributed by atoms with Crippen LogP contribution in [0.5, 0.6) is 0 Å². The normalized spacial score (nSPS) is 40.8.